The van der Waals surface area contributed by atoms with Crippen molar-refractivity contribution in [3.8, 4) is 0 Å². The summed E-state index contributed by atoms with van der Waals surface area (Å²) >= 11 is 5.70. The van der Waals surface area contributed by atoms with Gasteiger partial charge < -0.3 is 0 Å². The molecule has 3 aromatic carbocycles. The van der Waals surface area contributed by atoms with Crippen molar-refractivity contribution in [2.24, 2.45) is 5.92 Å². The van der Waals surface area contributed by atoms with Gasteiger partial charge in [-0.3, -0.25) is 0 Å². The molecule has 0 unspecified atom stereocenters. The maximum Gasteiger partial charge on any atom is 0.142 e. The molecule has 0 radical (unpaired) electrons. The van der Waals surface area contributed by atoms with Gasteiger partial charge >= 0.3 is 0 Å². The lowest BCUT2D eigenvalue weighted by molar-refractivity contribution is 0.310. The van der Waals surface area contributed by atoms with Crippen LogP contribution in [0.3, 0.4) is 0 Å². The first kappa shape index (κ1) is 23.9. The third kappa shape index (κ3) is 6.20. The van der Waals surface area contributed by atoms with Gasteiger partial charge in [-0.25, -0.2) is 13.2 Å². The summed E-state index contributed by atoms with van der Waals surface area (Å²) in [6.45, 7) is 2.11. The fourth-order valence-electron chi connectivity index (χ4n) is 5.00. The molecule has 1 aliphatic carbocycles. The van der Waals surface area contributed by atoms with Crippen molar-refractivity contribution in [2.75, 3.05) is 0 Å². The maximum absolute atomic E-state index is 14.7. The molecule has 33 heavy (non-hydrogen) atoms. The number of hydrogen-bond donors (Lipinski definition) is 0. The van der Waals surface area contributed by atoms with Crippen molar-refractivity contribution in [3.05, 3.63) is 105 Å². The summed E-state index contributed by atoms with van der Waals surface area (Å²) in [6.07, 6.45) is 6.88. The SMILES string of the molecule is Cc1ccc([C@H]2CC[C@H](CCc3cc(F)c(CCc4ccc(Cl)c(F)c4)c(F)c3)CC2)cc1. The lowest BCUT2D eigenvalue weighted by atomic mass is 9.77. The molecule has 0 N–H and O–H groups in total. The number of halogens is 4. The van der Waals surface area contributed by atoms with Gasteiger partial charge in [-0.1, -0.05) is 47.5 Å². The maximum atomic E-state index is 14.7. The normalized spacial score (nSPS) is 18.5. The highest BCUT2D eigenvalue weighted by atomic mass is 35.5. The molecule has 0 saturated heterocycles. The Bertz CT molecular complexity index is 1060. The van der Waals surface area contributed by atoms with Crippen molar-refractivity contribution in [1.82, 2.24) is 0 Å². The molecular formula is C29H30ClF3. The zero-order valence-corrected chi connectivity index (χ0v) is 19.8. The first-order valence-corrected chi connectivity index (χ1v) is 12.2. The summed E-state index contributed by atoms with van der Waals surface area (Å²) in [4.78, 5) is 0. The molecule has 0 heterocycles. The van der Waals surface area contributed by atoms with E-state index < -0.39 is 17.5 Å². The second-order valence-corrected chi connectivity index (χ2v) is 9.86. The summed E-state index contributed by atoms with van der Waals surface area (Å²) < 4.78 is 42.9. The van der Waals surface area contributed by atoms with Crippen molar-refractivity contribution >= 4 is 11.6 Å². The van der Waals surface area contributed by atoms with Crippen molar-refractivity contribution in [3.63, 3.8) is 0 Å². The van der Waals surface area contributed by atoms with Crippen LogP contribution in [0.25, 0.3) is 0 Å². The zero-order valence-electron chi connectivity index (χ0n) is 19.0. The van der Waals surface area contributed by atoms with Crippen molar-refractivity contribution in [2.45, 2.75) is 64.2 Å². The van der Waals surface area contributed by atoms with Crippen LogP contribution >= 0.6 is 11.6 Å². The third-order valence-electron chi connectivity index (χ3n) is 7.09. The molecule has 0 aromatic heterocycles. The standard InChI is InChI=1S/C29H30ClF3/c1-19-2-10-23(11-3-19)24-12-6-20(7-13-24)4-5-22-17-27(31)25(28(32)18-22)14-8-21-9-15-26(30)29(33)16-21/h2-3,9-11,15-18,20,24H,4-8,12-14H2,1H3/t20-,24-. The van der Waals surface area contributed by atoms with Crippen molar-refractivity contribution < 1.29 is 13.2 Å². The van der Waals surface area contributed by atoms with Crippen LogP contribution in [-0.4, -0.2) is 0 Å². The van der Waals surface area contributed by atoms with Gasteiger partial charge in [0.25, 0.3) is 0 Å². The van der Waals surface area contributed by atoms with E-state index in [1.165, 1.54) is 61.1 Å². The molecule has 0 nitrogen and oxygen atoms in total. The average Bonchev–Trinajstić information content (AvgIpc) is 2.80. The lowest BCUT2D eigenvalue weighted by Gasteiger charge is -2.29. The molecule has 4 rings (SSSR count). The van der Waals surface area contributed by atoms with E-state index in [1.807, 2.05) is 0 Å². The predicted molar refractivity (Wildman–Crippen MR) is 129 cm³/mol. The van der Waals surface area contributed by atoms with E-state index >= 15 is 0 Å². The third-order valence-corrected chi connectivity index (χ3v) is 7.39. The summed E-state index contributed by atoms with van der Waals surface area (Å²) in [5.74, 6) is -0.300. The Kier molecular flexibility index (Phi) is 7.80. The highest BCUT2D eigenvalue weighted by Gasteiger charge is 2.22. The van der Waals surface area contributed by atoms with Crippen LogP contribution in [0.4, 0.5) is 13.2 Å². The Labute approximate surface area is 199 Å². The summed E-state index contributed by atoms with van der Waals surface area (Å²) in [7, 11) is 0. The molecule has 4 heteroatoms. The Morgan fingerprint density at radius 1 is 0.727 bits per heavy atom. The monoisotopic (exact) mass is 470 g/mol. The second-order valence-electron chi connectivity index (χ2n) is 9.45. The van der Waals surface area contributed by atoms with Gasteiger partial charge in [0.15, 0.2) is 0 Å². The van der Waals surface area contributed by atoms with Gasteiger partial charge in [0, 0.05) is 5.56 Å². The first-order chi connectivity index (χ1) is 15.9. The minimum atomic E-state index is -0.515. The van der Waals surface area contributed by atoms with Gasteiger partial charge in [-0.05, 0) is 111 Å². The lowest BCUT2D eigenvalue weighted by Crippen LogP contribution is -2.14. The Balaban J connectivity index is 1.29. The molecule has 0 amide bonds. The van der Waals surface area contributed by atoms with Gasteiger partial charge in [-0.2, -0.15) is 0 Å². The molecule has 1 saturated carbocycles. The highest BCUT2D eigenvalue weighted by molar-refractivity contribution is 6.30. The Morgan fingerprint density at radius 3 is 2.00 bits per heavy atom. The van der Waals surface area contributed by atoms with Gasteiger partial charge in [0.05, 0.1) is 5.02 Å². The zero-order chi connectivity index (χ0) is 23.4. The summed E-state index contributed by atoms with van der Waals surface area (Å²) in [5.41, 5.74) is 4.16. The van der Waals surface area contributed by atoms with Crippen LogP contribution in [0, 0.1) is 30.3 Å². The fraction of sp³-hybridized carbons (Fsp3) is 0.379. The largest absolute Gasteiger partial charge is 0.207 e. The number of hydrogen-bond acceptors (Lipinski definition) is 0. The van der Waals surface area contributed by atoms with Gasteiger partial charge in [0.1, 0.15) is 17.5 Å². The molecule has 3 aromatic rings. The molecular weight excluding hydrogens is 441 g/mol. The second kappa shape index (κ2) is 10.8. The molecule has 0 bridgehead atoms. The quantitative estimate of drug-likeness (QED) is 0.323. The van der Waals surface area contributed by atoms with Crippen LogP contribution in [0.1, 0.15) is 65.8 Å². The Hall–Kier alpha value is -2.26. The number of aryl methyl sites for hydroxylation is 3. The molecule has 174 valence electrons. The van der Waals surface area contributed by atoms with Crippen LogP contribution < -0.4 is 0 Å². The fourth-order valence-corrected chi connectivity index (χ4v) is 5.11. The van der Waals surface area contributed by atoms with Crippen LogP contribution in [0.15, 0.2) is 54.6 Å². The summed E-state index contributed by atoms with van der Waals surface area (Å²) in [5, 5.41) is 0.0455. The molecule has 0 spiro atoms. The highest BCUT2D eigenvalue weighted by Crippen LogP contribution is 2.37. The predicted octanol–water partition coefficient (Wildman–Crippen LogP) is 8.76. The van der Waals surface area contributed by atoms with Crippen LogP contribution in [0.5, 0.6) is 0 Å². The first-order valence-electron chi connectivity index (χ1n) is 11.9. The summed E-state index contributed by atoms with van der Waals surface area (Å²) in [6, 6.07) is 16.3. The van der Waals surface area contributed by atoms with E-state index in [0.29, 0.717) is 35.8 Å². The van der Waals surface area contributed by atoms with E-state index in [1.54, 1.807) is 6.07 Å². The average molecular weight is 471 g/mol. The van der Waals surface area contributed by atoms with Crippen LogP contribution in [-0.2, 0) is 19.3 Å². The van der Waals surface area contributed by atoms with E-state index in [4.69, 9.17) is 11.6 Å². The smallest absolute Gasteiger partial charge is 0.142 e. The molecule has 0 aliphatic heterocycles. The Morgan fingerprint density at radius 2 is 1.36 bits per heavy atom. The number of benzene rings is 3. The molecule has 1 aliphatic rings. The van der Waals surface area contributed by atoms with E-state index in [-0.39, 0.29) is 17.0 Å². The van der Waals surface area contributed by atoms with Crippen LogP contribution in [0.2, 0.25) is 5.02 Å². The minimum Gasteiger partial charge on any atom is -0.207 e. The topological polar surface area (TPSA) is 0 Å². The van der Waals surface area contributed by atoms with E-state index in [9.17, 15) is 13.2 Å². The van der Waals surface area contributed by atoms with E-state index in [2.05, 4.69) is 31.2 Å². The van der Waals surface area contributed by atoms with Gasteiger partial charge in [-0.15, -0.1) is 0 Å². The van der Waals surface area contributed by atoms with Gasteiger partial charge in [0.2, 0.25) is 0 Å². The van der Waals surface area contributed by atoms with E-state index in [0.717, 1.165) is 6.42 Å². The number of rotatable bonds is 7. The molecule has 0 atom stereocenters. The minimum absolute atomic E-state index is 0.0455. The molecule has 1 fully saturated rings. The van der Waals surface area contributed by atoms with Crippen molar-refractivity contribution in [1.29, 1.82) is 0 Å².